The van der Waals surface area contributed by atoms with Crippen LogP contribution < -0.4 is 5.73 Å². The normalized spacial score (nSPS) is 34.0. The number of hydrogen-bond acceptors (Lipinski definition) is 2. The van der Waals surface area contributed by atoms with Gasteiger partial charge in [-0.2, -0.15) is 0 Å². The fourth-order valence-electron chi connectivity index (χ4n) is 2.30. The summed E-state index contributed by atoms with van der Waals surface area (Å²) in [6, 6.07) is 0.318. The largest absolute Gasteiger partial charge is 0.378 e. The molecule has 15 heavy (non-hydrogen) atoms. The number of rotatable bonds is 5. The van der Waals surface area contributed by atoms with Crippen LogP contribution in [0, 0.1) is 11.8 Å². The highest BCUT2D eigenvalue weighted by molar-refractivity contribution is 4.75. The Labute approximate surface area is 94.6 Å². The first-order valence-electron chi connectivity index (χ1n) is 6.46. The van der Waals surface area contributed by atoms with Crippen molar-refractivity contribution in [1.82, 2.24) is 0 Å². The van der Waals surface area contributed by atoms with Crippen LogP contribution in [0.5, 0.6) is 0 Å². The topological polar surface area (TPSA) is 35.2 Å². The van der Waals surface area contributed by atoms with Crippen molar-refractivity contribution in [3.05, 3.63) is 0 Å². The smallest absolute Gasteiger partial charge is 0.0577 e. The van der Waals surface area contributed by atoms with Crippen LogP contribution in [0.3, 0.4) is 0 Å². The highest BCUT2D eigenvalue weighted by Gasteiger charge is 2.24. The van der Waals surface area contributed by atoms with E-state index in [-0.39, 0.29) is 0 Å². The minimum Gasteiger partial charge on any atom is -0.378 e. The molecule has 0 saturated heterocycles. The van der Waals surface area contributed by atoms with E-state index >= 15 is 0 Å². The van der Waals surface area contributed by atoms with Crippen molar-refractivity contribution in [3.63, 3.8) is 0 Å². The van der Waals surface area contributed by atoms with Crippen molar-refractivity contribution in [3.8, 4) is 0 Å². The first-order chi connectivity index (χ1) is 7.09. The maximum absolute atomic E-state index is 5.90. The summed E-state index contributed by atoms with van der Waals surface area (Å²) in [7, 11) is 0. The minimum absolute atomic E-state index is 0.318. The molecule has 0 aromatic carbocycles. The van der Waals surface area contributed by atoms with E-state index in [1.54, 1.807) is 0 Å². The van der Waals surface area contributed by atoms with Gasteiger partial charge in [-0.3, -0.25) is 0 Å². The fraction of sp³-hybridized carbons (Fsp3) is 1.00. The van der Waals surface area contributed by atoms with Gasteiger partial charge in [0.15, 0.2) is 0 Å². The second kappa shape index (κ2) is 6.49. The molecule has 0 aromatic rings. The average Bonchev–Trinajstić information content (AvgIpc) is 2.18. The van der Waals surface area contributed by atoms with Gasteiger partial charge in [0.05, 0.1) is 6.10 Å². The van der Waals surface area contributed by atoms with E-state index in [1.807, 2.05) is 0 Å². The molecule has 1 aliphatic carbocycles. The van der Waals surface area contributed by atoms with Gasteiger partial charge >= 0.3 is 0 Å². The molecule has 0 heterocycles. The van der Waals surface area contributed by atoms with Crippen LogP contribution >= 0.6 is 0 Å². The first-order valence-corrected chi connectivity index (χ1v) is 6.46. The van der Waals surface area contributed by atoms with Crippen molar-refractivity contribution >= 4 is 0 Å². The van der Waals surface area contributed by atoms with Crippen molar-refractivity contribution in [2.24, 2.45) is 17.6 Å². The van der Waals surface area contributed by atoms with Crippen LogP contribution in [-0.4, -0.2) is 18.8 Å². The van der Waals surface area contributed by atoms with Gasteiger partial charge in [-0.25, -0.2) is 0 Å². The summed E-state index contributed by atoms with van der Waals surface area (Å²) in [5, 5.41) is 0. The van der Waals surface area contributed by atoms with E-state index < -0.39 is 0 Å². The summed E-state index contributed by atoms with van der Waals surface area (Å²) < 4.78 is 5.90. The molecule has 4 atom stereocenters. The van der Waals surface area contributed by atoms with Crippen LogP contribution in [0.4, 0.5) is 0 Å². The maximum atomic E-state index is 5.90. The number of nitrogens with two attached hydrogens (primary N) is 1. The first kappa shape index (κ1) is 13.0. The molecule has 1 aliphatic rings. The molecule has 1 saturated carbocycles. The molecule has 0 spiro atoms. The van der Waals surface area contributed by atoms with Crippen molar-refractivity contribution < 1.29 is 4.74 Å². The molecular weight excluding hydrogens is 186 g/mol. The summed E-state index contributed by atoms with van der Waals surface area (Å²) in [5.74, 6) is 1.71. The monoisotopic (exact) mass is 213 g/mol. The molecule has 4 unspecified atom stereocenters. The number of hydrogen-bond donors (Lipinski definition) is 1. The Kier molecular flexibility index (Phi) is 5.62. The lowest BCUT2D eigenvalue weighted by Crippen LogP contribution is -2.27. The predicted octanol–water partition coefficient (Wildman–Crippen LogP) is 2.96. The zero-order valence-electron chi connectivity index (χ0n) is 10.5. The fourth-order valence-corrected chi connectivity index (χ4v) is 2.30. The third kappa shape index (κ3) is 4.98. The molecular formula is C13H27NO. The average molecular weight is 213 g/mol. The molecule has 0 aliphatic heterocycles. The molecule has 1 fully saturated rings. The van der Waals surface area contributed by atoms with Gasteiger partial charge < -0.3 is 10.5 Å². The van der Waals surface area contributed by atoms with Gasteiger partial charge in [0, 0.05) is 12.6 Å². The molecule has 0 radical (unpaired) electrons. The van der Waals surface area contributed by atoms with Crippen LogP contribution in [0.15, 0.2) is 0 Å². The Hall–Kier alpha value is -0.0800. The van der Waals surface area contributed by atoms with E-state index in [1.165, 1.54) is 19.3 Å². The lowest BCUT2D eigenvalue weighted by atomic mass is 9.80. The highest BCUT2D eigenvalue weighted by atomic mass is 16.5. The Morgan fingerprint density at radius 3 is 2.60 bits per heavy atom. The van der Waals surface area contributed by atoms with Crippen molar-refractivity contribution in [2.75, 3.05) is 6.61 Å². The Balaban J connectivity index is 2.07. The van der Waals surface area contributed by atoms with Gasteiger partial charge in [0.2, 0.25) is 0 Å². The summed E-state index contributed by atoms with van der Waals surface area (Å²) in [6.07, 6.45) is 6.54. The Morgan fingerprint density at radius 1 is 1.27 bits per heavy atom. The van der Waals surface area contributed by atoms with Crippen LogP contribution in [0.2, 0.25) is 0 Å². The standard InChI is InChI=1S/C13H27NO/c1-10-6-7-13(9-11(10)2)15-8-4-5-12(3)14/h10-13H,4-9,14H2,1-3H3. The zero-order chi connectivity index (χ0) is 11.3. The second-order valence-electron chi connectivity index (χ2n) is 5.38. The molecule has 0 bridgehead atoms. The molecule has 0 aromatic heterocycles. The van der Waals surface area contributed by atoms with Crippen LogP contribution in [-0.2, 0) is 4.74 Å². The van der Waals surface area contributed by atoms with Gasteiger partial charge in [0.1, 0.15) is 0 Å². The molecule has 1 rings (SSSR count). The molecule has 0 amide bonds. The van der Waals surface area contributed by atoms with E-state index in [4.69, 9.17) is 10.5 Å². The molecule has 90 valence electrons. The van der Waals surface area contributed by atoms with Gasteiger partial charge in [-0.05, 0) is 50.9 Å². The SMILES string of the molecule is CC(N)CCCOC1CCC(C)C(C)C1. The maximum Gasteiger partial charge on any atom is 0.0577 e. The van der Waals surface area contributed by atoms with E-state index in [9.17, 15) is 0 Å². The summed E-state index contributed by atoms with van der Waals surface area (Å²) in [4.78, 5) is 0. The van der Waals surface area contributed by atoms with Crippen molar-refractivity contribution in [2.45, 2.75) is 65.0 Å². The quantitative estimate of drug-likeness (QED) is 0.713. The Morgan fingerprint density at radius 2 is 2.00 bits per heavy atom. The third-order valence-corrected chi connectivity index (χ3v) is 3.71. The van der Waals surface area contributed by atoms with Crippen LogP contribution in [0.1, 0.15) is 52.9 Å². The van der Waals surface area contributed by atoms with E-state index in [0.717, 1.165) is 31.3 Å². The summed E-state index contributed by atoms with van der Waals surface area (Å²) in [5.41, 5.74) is 5.70. The summed E-state index contributed by atoms with van der Waals surface area (Å²) >= 11 is 0. The highest BCUT2D eigenvalue weighted by Crippen LogP contribution is 2.30. The Bertz CT molecular complexity index is 170. The van der Waals surface area contributed by atoms with Gasteiger partial charge in [0.25, 0.3) is 0 Å². The number of ether oxygens (including phenoxy) is 1. The third-order valence-electron chi connectivity index (χ3n) is 3.71. The van der Waals surface area contributed by atoms with E-state index in [0.29, 0.717) is 12.1 Å². The van der Waals surface area contributed by atoms with E-state index in [2.05, 4.69) is 20.8 Å². The molecule has 2 N–H and O–H groups in total. The van der Waals surface area contributed by atoms with Gasteiger partial charge in [-0.15, -0.1) is 0 Å². The molecule has 2 heteroatoms. The summed E-state index contributed by atoms with van der Waals surface area (Å²) in [6.45, 7) is 7.66. The van der Waals surface area contributed by atoms with Crippen molar-refractivity contribution in [1.29, 1.82) is 0 Å². The predicted molar refractivity (Wildman–Crippen MR) is 64.8 cm³/mol. The molecule has 2 nitrogen and oxygen atoms in total. The van der Waals surface area contributed by atoms with Gasteiger partial charge in [-0.1, -0.05) is 13.8 Å². The lowest BCUT2D eigenvalue weighted by molar-refractivity contribution is 0.000814. The van der Waals surface area contributed by atoms with Crippen LogP contribution in [0.25, 0.3) is 0 Å². The zero-order valence-corrected chi connectivity index (χ0v) is 10.5. The lowest BCUT2D eigenvalue weighted by Gasteiger charge is -2.32. The minimum atomic E-state index is 0.318. The second-order valence-corrected chi connectivity index (χ2v) is 5.38.